The van der Waals surface area contributed by atoms with Crippen molar-refractivity contribution >= 4 is 34.9 Å². The zero-order chi connectivity index (χ0) is 30.2. The van der Waals surface area contributed by atoms with Gasteiger partial charge in [0.1, 0.15) is 6.29 Å². The molecule has 3 aliphatic rings. The summed E-state index contributed by atoms with van der Waals surface area (Å²) in [4.78, 5) is 40.9. The van der Waals surface area contributed by atoms with Gasteiger partial charge in [-0.2, -0.15) is 5.10 Å². The monoisotopic (exact) mass is 586 g/mol. The molecule has 230 valence electrons. The van der Waals surface area contributed by atoms with Crippen LogP contribution in [0.5, 0.6) is 0 Å². The van der Waals surface area contributed by atoms with E-state index in [0.717, 1.165) is 51.9 Å². The second-order valence-electron chi connectivity index (χ2n) is 12.2. The lowest BCUT2D eigenvalue weighted by molar-refractivity contribution is -0.109. The summed E-state index contributed by atoms with van der Waals surface area (Å²) in [6.45, 7) is 6.04. The fourth-order valence-corrected chi connectivity index (χ4v) is 6.73. The van der Waals surface area contributed by atoms with Gasteiger partial charge < -0.3 is 25.2 Å². The van der Waals surface area contributed by atoms with Crippen molar-refractivity contribution in [1.82, 2.24) is 25.3 Å². The lowest BCUT2D eigenvalue weighted by Gasteiger charge is -2.40. The highest BCUT2D eigenvalue weighted by molar-refractivity contribution is 5.92. The van der Waals surface area contributed by atoms with E-state index < -0.39 is 6.04 Å². The normalized spacial score (nSPS) is 18.3. The maximum Gasteiger partial charge on any atom is 0.322 e. The van der Waals surface area contributed by atoms with Crippen LogP contribution in [-0.2, 0) is 24.2 Å². The molecule has 1 saturated heterocycles. The van der Waals surface area contributed by atoms with E-state index >= 15 is 0 Å². The molecule has 2 fully saturated rings. The number of amides is 4. The summed E-state index contributed by atoms with van der Waals surface area (Å²) in [5.74, 6) is 1.09. The number of carbonyl (C=O) groups excluding carboxylic acids is 3. The van der Waals surface area contributed by atoms with E-state index in [1.165, 1.54) is 38.5 Å². The Labute approximate surface area is 254 Å². The molecule has 3 N–H and O–H groups in total. The van der Waals surface area contributed by atoms with Gasteiger partial charge in [0.2, 0.25) is 0 Å². The number of benzene rings is 2. The molecule has 0 spiro atoms. The fraction of sp³-hybridized carbons (Fsp3) is 0.529. The number of aromatic amines is 1. The minimum absolute atomic E-state index is 0.0726. The predicted molar refractivity (Wildman–Crippen MR) is 170 cm³/mol. The number of aryl methyl sites for hydroxylation is 1. The van der Waals surface area contributed by atoms with Gasteiger partial charge in [0, 0.05) is 36.7 Å². The number of hydrogen-bond acceptors (Lipinski definition) is 4. The van der Waals surface area contributed by atoms with Crippen molar-refractivity contribution in [3.8, 4) is 0 Å². The fourth-order valence-electron chi connectivity index (χ4n) is 6.73. The SMILES string of the molecule is CCC1CCCCC1.CCc1cc(CC(C=O)NC(=O)N2CCC(N3Cc4ccccc4NC3=O)CC2)cc2cn[nH]c12. The first-order chi connectivity index (χ1) is 21.0. The Morgan fingerprint density at radius 1 is 1.09 bits per heavy atom. The number of carbonyl (C=O) groups is 3. The third kappa shape index (κ3) is 7.56. The van der Waals surface area contributed by atoms with Crippen molar-refractivity contribution < 1.29 is 14.4 Å². The number of H-pyrrole nitrogens is 1. The van der Waals surface area contributed by atoms with Crippen molar-refractivity contribution in [1.29, 1.82) is 0 Å². The van der Waals surface area contributed by atoms with E-state index in [1.54, 1.807) is 11.1 Å². The standard InChI is InChI=1S/C26H30N6O3.C8H16/c1-2-18-11-17(12-20-14-27-30-24(18)20)13-21(16-33)28-25(34)31-9-7-22(8-10-31)32-15-19-5-3-4-6-23(19)29-26(32)35;1-2-8-6-4-3-5-7-8/h3-6,11-12,14,16,21-22H,2,7-10,13,15H2,1H3,(H,27,30)(H,28,34)(H,29,35);8H,2-7H2,1H3. The third-order valence-electron chi connectivity index (χ3n) is 9.36. The number of piperidine rings is 1. The molecule has 6 rings (SSSR count). The number of rotatable bonds is 7. The van der Waals surface area contributed by atoms with Crippen molar-refractivity contribution in [2.45, 2.75) is 96.7 Å². The van der Waals surface area contributed by atoms with Crippen LogP contribution in [0.2, 0.25) is 0 Å². The van der Waals surface area contributed by atoms with Crippen molar-refractivity contribution in [3.63, 3.8) is 0 Å². The minimum Gasteiger partial charge on any atom is -0.328 e. The maximum absolute atomic E-state index is 12.9. The van der Waals surface area contributed by atoms with E-state index in [9.17, 15) is 14.4 Å². The van der Waals surface area contributed by atoms with Gasteiger partial charge in [-0.15, -0.1) is 0 Å². The van der Waals surface area contributed by atoms with Gasteiger partial charge >= 0.3 is 12.1 Å². The topological polar surface area (TPSA) is 110 Å². The number of nitrogens with zero attached hydrogens (tertiary/aromatic N) is 3. The number of nitrogens with one attached hydrogen (secondary N) is 3. The highest BCUT2D eigenvalue weighted by Gasteiger charge is 2.33. The molecule has 2 aromatic carbocycles. The molecule has 1 aromatic heterocycles. The second-order valence-corrected chi connectivity index (χ2v) is 12.2. The highest BCUT2D eigenvalue weighted by atomic mass is 16.2. The molecule has 1 unspecified atom stereocenters. The van der Waals surface area contributed by atoms with Gasteiger partial charge in [-0.3, -0.25) is 5.10 Å². The van der Waals surface area contributed by atoms with Crippen LogP contribution >= 0.6 is 0 Å². The molecule has 1 saturated carbocycles. The van der Waals surface area contributed by atoms with Crippen LogP contribution in [0.15, 0.2) is 42.6 Å². The Kier molecular flexibility index (Phi) is 10.3. The molecule has 0 bridgehead atoms. The first-order valence-electron chi connectivity index (χ1n) is 16.1. The summed E-state index contributed by atoms with van der Waals surface area (Å²) >= 11 is 0. The van der Waals surface area contributed by atoms with Crippen LogP contribution in [0.1, 0.15) is 81.9 Å². The maximum atomic E-state index is 12.9. The smallest absolute Gasteiger partial charge is 0.322 e. The largest absolute Gasteiger partial charge is 0.328 e. The molecule has 9 heteroatoms. The summed E-state index contributed by atoms with van der Waals surface area (Å²) in [6.07, 6.45) is 14.2. The third-order valence-corrected chi connectivity index (χ3v) is 9.36. The summed E-state index contributed by atoms with van der Waals surface area (Å²) in [7, 11) is 0. The van der Waals surface area contributed by atoms with Crippen LogP contribution in [0, 0.1) is 5.92 Å². The number of urea groups is 2. The predicted octanol–water partition coefficient (Wildman–Crippen LogP) is 6.43. The Hall–Kier alpha value is -3.88. The van der Waals surface area contributed by atoms with Crippen LogP contribution in [0.3, 0.4) is 0 Å². The summed E-state index contributed by atoms with van der Waals surface area (Å²) in [6, 6.07) is 11.0. The van der Waals surface area contributed by atoms with Crippen molar-refractivity contribution in [3.05, 3.63) is 59.3 Å². The number of aromatic nitrogens is 2. The van der Waals surface area contributed by atoms with E-state index in [0.29, 0.717) is 38.9 Å². The minimum atomic E-state index is -0.612. The van der Waals surface area contributed by atoms with Gasteiger partial charge in [0.05, 0.1) is 17.8 Å². The highest BCUT2D eigenvalue weighted by Crippen LogP contribution is 2.28. The number of hydrogen-bond donors (Lipinski definition) is 3. The first kappa shape index (κ1) is 30.6. The number of aldehydes is 1. The van der Waals surface area contributed by atoms with E-state index in [1.807, 2.05) is 35.2 Å². The average Bonchev–Trinajstić information content (AvgIpc) is 3.53. The number of likely N-dealkylation sites (tertiary alicyclic amines) is 1. The molecule has 1 atom stereocenters. The molecule has 1 aliphatic carbocycles. The van der Waals surface area contributed by atoms with Crippen molar-refractivity contribution in [2.75, 3.05) is 18.4 Å². The van der Waals surface area contributed by atoms with Gasteiger partial charge in [-0.05, 0) is 60.4 Å². The van der Waals surface area contributed by atoms with Crippen molar-refractivity contribution in [2.24, 2.45) is 5.92 Å². The number of anilines is 1. The zero-order valence-corrected chi connectivity index (χ0v) is 25.6. The molecule has 3 aromatic rings. The van der Waals surface area contributed by atoms with E-state index in [2.05, 4.69) is 40.7 Å². The average molecular weight is 587 g/mol. The summed E-state index contributed by atoms with van der Waals surface area (Å²) in [5, 5.41) is 14.0. The molecule has 4 amide bonds. The lowest BCUT2D eigenvalue weighted by atomic mass is 9.88. The summed E-state index contributed by atoms with van der Waals surface area (Å²) in [5.41, 5.74) is 5.10. The lowest BCUT2D eigenvalue weighted by Crippen LogP contribution is -2.54. The Morgan fingerprint density at radius 3 is 2.56 bits per heavy atom. The molecule has 43 heavy (non-hydrogen) atoms. The Morgan fingerprint density at radius 2 is 1.86 bits per heavy atom. The molecule has 0 radical (unpaired) electrons. The molecular formula is C34H46N6O3. The number of para-hydroxylation sites is 1. The molecular weight excluding hydrogens is 540 g/mol. The van der Waals surface area contributed by atoms with Crippen LogP contribution in [0.25, 0.3) is 10.9 Å². The molecule has 2 aliphatic heterocycles. The van der Waals surface area contributed by atoms with Crippen LogP contribution < -0.4 is 10.6 Å². The van der Waals surface area contributed by atoms with Gasteiger partial charge in [0.25, 0.3) is 0 Å². The van der Waals surface area contributed by atoms with Gasteiger partial charge in [-0.25, -0.2) is 9.59 Å². The first-order valence-corrected chi connectivity index (χ1v) is 16.1. The van der Waals surface area contributed by atoms with Crippen LogP contribution in [-0.4, -0.2) is 63.5 Å². The van der Waals surface area contributed by atoms with Crippen LogP contribution in [0.4, 0.5) is 15.3 Å². The number of fused-ring (bicyclic) bond motifs is 2. The van der Waals surface area contributed by atoms with E-state index in [-0.39, 0.29) is 18.1 Å². The quantitative estimate of drug-likeness (QED) is 0.277. The summed E-state index contributed by atoms with van der Waals surface area (Å²) < 4.78 is 0. The van der Waals surface area contributed by atoms with Gasteiger partial charge in [-0.1, -0.05) is 76.6 Å². The molecule has 9 nitrogen and oxygen atoms in total. The van der Waals surface area contributed by atoms with E-state index in [4.69, 9.17) is 0 Å². The Bertz CT molecular complexity index is 1390. The molecule has 3 heterocycles. The Balaban J connectivity index is 0.000000400. The second kappa shape index (κ2) is 14.5. The zero-order valence-electron chi connectivity index (χ0n) is 25.6. The van der Waals surface area contributed by atoms with Gasteiger partial charge in [0.15, 0.2) is 0 Å².